The molecule has 0 radical (unpaired) electrons. The van der Waals surface area contributed by atoms with Crippen molar-refractivity contribution in [1.82, 2.24) is 4.90 Å². The first-order valence-electron chi connectivity index (χ1n) is 6.93. The van der Waals surface area contributed by atoms with Crippen LogP contribution in [0.15, 0.2) is 18.2 Å². The molecule has 110 valence electrons. The zero-order valence-corrected chi connectivity index (χ0v) is 13.3. The average Bonchev–Trinajstić information content (AvgIpc) is 2.40. The molecule has 1 N–H and O–H groups in total. The lowest BCUT2D eigenvalue weighted by Gasteiger charge is -2.35. The number of anilines is 2. The van der Waals surface area contributed by atoms with Crippen LogP contribution in [0.1, 0.15) is 5.56 Å². The number of amides is 1. The molecule has 20 heavy (non-hydrogen) atoms. The molecular formula is C15H23N3OS. The topological polar surface area (TPSA) is 35.6 Å². The predicted molar refractivity (Wildman–Crippen MR) is 87.9 cm³/mol. The van der Waals surface area contributed by atoms with Crippen LogP contribution in [0.25, 0.3) is 0 Å². The number of piperazine rings is 1. The molecule has 0 saturated carbocycles. The van der Waals surface area contributed by atoms with E-state index in [2.05, 4.69) is 41.2 Å². The Kier molecular flexibility index (Phi) is 5.31. The van der Waals surface area contributed by atoms with Crippen LogP contribution in [-0.2, 0) is 4.79 Å². The SMILES string of the molecule is CSCC(=O)Nc1ccc(N2CCN(C)CC2)c(C)c1. The van der Waals surface area contributed by atoms with Crippen LogP contribution in [0.2, 0.25) is 0 Å². The van der Waals surface area contributed by atoms with E-state index in [9.17, 15) is 4.79 Å². The Morgan fingerprint density at radius 2 is 2.00 bits per heavy atom. The maximum Gasteiger partial charge on any atom is 0.234 e. The molecule has 0 unspecified atom stereocenters. The summed E-state index contributed by atoms with van der Waals surface area (Å²) in [5.74, 6) is 0.559. The summed E-state index contributed by atoms with van der Waals surface area (Å²) >= 11 is 1.53. The van der Waals surface area contributed by atoms with Gasteiger partial charge in [0.05, 0.1) is 5.75 Å². The number of carbonyl (C=O) groups is 1. The Morgan fingerprint density at radius 3 is 2.60 bits per heavy atom. The molecular weight excluding hydrogens is 270 g/mol. The Morgan fingerprint density at radius 1 is 1.30 bits per heavy atom. The molecule has 2 rings (SSSR count). The zero-order chi connectivity index (χ0) is 14.5. The molecule has 0 spiro atoms. The molecule has 1 aliphatic rings. The second-order valence-corrected chi connectivity index (χ2v) is 6.14. The van der Waals surface area contributed by atoms with Crippen molar-refractivity contribution >= 4 is 29.0 Å². The van der Waals surface area contributed by atoms with Crippen LogP contribution < -0.4 is 10.2 Å². The van der Waals surface area contributed by atoms with Crippen LogP contribution in [0.3, 0.4) is 0 Å². The third kappa shape index (κ3) is 3.90. The van der Waals surface area contributed by atoms with E-state index >= 15 is 0 Å². The fraction of sp³-hybridized carbons (Fsp3) is 0.533. The van der Waals surface area contributed by atoms with E-state index in [1.807, 2.05) is 12.3 Å². The van der Waals surface area contributed by atoms with Gasteiger partial charge in [-0.1, -0.05) is 0 Å². The summed E-state index contributed by atoms with van der Waals surface area (Å²) in [6.45, 7) is 6.44. The summed E-state index contributed by atoms with van der Waals surface area (Å²) in [4.78, 5) is 16.4. The molecule has 0 atom stereocenters. The fourth-order valence-corrected chi connectivity index (χ4v) is 2.80. The number of hydrogen-bond donors (Lipinski definition) is 1. The van der Waals surface area contributed by atoms with Crippen molar-refractivity contribution in [1.29, 1.82) is 0 Å². The first-order chi connectivity index (χ1) is 9.60. The van der Waals surface area contributed by atoms with Crippen molar-refractivity contribution in [2.24, 2.45) is 0 Å². The van der Waals surface area contributed by atoms with Crippen molar-refractivity contribution < 1.29 is 4.79 Å². The van der Waals surface area contributed by atoms with Crippen molar-refractivity contribution in [3.63, 3.8) is 0 Å². The van der Waals surface area contributed by atoms with E-state index in [4.69, 9.17) is 0 Å². The highest BCUT2D eigenvalue weighted by atomic mass is 32.2. The largest absolute Gasteiger partial charge is 0.369 e. The molecule has 0 aliphatic carbocycles. The first kappa shape index (κ1) is 15.2. The van der Waals surface area contributed by atoms with Gasteiger partial charge in [-0.2, -0.15) is 11.8 Å². The quantitative estimate of drug-likeness (QED) is 0.921. The highest BCUT2D eigenvalue weighted by Crippen LogP contribution is 2.24. The minimum atomic E-state index is 0.0595. The summed E-state index contributed by atoms with van der Waals surface area (Å²) in [7, 11) is 2.16. The van der Waals surface area contributed by atoms with E-state index in [0.717, 1.165) is 31.9 Å². The maximum atomic E-state index is 11.6. The molecule has 4 nitrogen and oxygen atoms in total. The lowest BCUT2D eigenvalue weighted by atomic mass is 10.1. The highest BCUT2D eigenvalue weighted by Gasteiger charge is 2.16. The van der Waals surface area contributed by atoms with Gasteiger partial charge in [0.25, 0.3) is 0 Å². The van der Waals surface area contributed by atoms with Gasteiger partial charge in [0.2, 0.25) is 5.91 Å². The summed E-state index contributed by atoms with van der Waals surface area (Å²) < 4.78 is 0. The second kappa shape index (κ2) is 6.99. The van der Waals surface area contributed by atoms with Gasteiger partial charge in [0, 0.05) is 37.6 Å². The monoisotopic (exact) mass is 293 g/mol. The maximum absolute atomic E-state index is 11.6. The molecule has 1 saturated heterocycles. The number of thioether (sulfide) groups is 1. The van der Waals surface area contributed by atoms with Crippen LogP contribution in [-0.4, -0.2) is 56.0 Å². The Labute approximate surface area is 125 Å². The molecule has 1 fully saturated rings. The number of nitrogens with zero attached hydrogens (tertiary/aromatic N) is 2. The number of hydrogen-bond acceptors (Lipinski definition) is 4. The third-order valence-electron chi connectivity index (χ3n) is 3.60. The fourth-order valence-electron chi connectivity index (χ4n) is 2.46. The normalized spacial score (nSPS) is 16.2. The lowest BCUT2D eigenvalue weighted by molar-refractivity contribution is -0.113. The minimum Gasteiger partial charge on any atom is -0.369 e. The van der Waals surface area contributed by atoms with Gasteiger partial charge in [-0.3, -0.25) is 4.79 Å². The van der Waals surface area contributed by atoms with Gasteiger partial charge in [0.1, 0.15) is 0 Å². The van der Waals surface area contributed by atoms with E-state index in [0.29, 0.717) is 5.75 Å². The number of nitrogens with one attached hydrogen (secondary N) is 1. The van der Waals surface area contributed by atoms with Gasteiger partial charge in [0.15, 0.2) is 0 Å². The number of benzene rings is 1. The Hall–Kier alpha value is -1.20. The molecule has 1 amide bonds. The minimum absolute atomic E-state index is 0.0595. The number of rotatable bonds is 4. The lowest BCUT2D eigenvalue weighted by Crippen LogP contribution is -2.44. The highest BCUT2D eigenvalue weighted by molar-refractivity contribution is 7.99. The summed E-state index contributed by atoms with van der Waals surface area (Å²) in [5, 5.41) is 2.93. The standard InChI is InChI=1S/C15H23N3OS/c1-12-10-13(16-15(19)11-20-3)4-5-14(12)18-8-6-17(2)7-9-18/h4-5,10H,6-9,11H2,1-3H3,(H,16,19). The van der Waals surface area contributed by atoms with E-state index in [-0.39, 0.29) is 5.91 Å². The van der Waals surface area contributed by atoms with Gasteiger partial charge in [-0.15, -0.1) is 0 Å². The molecule has 1 aromatic carbocycles. The molecule has 5 heteroatoms. The van der Waals surface area contributed by atoms with E-state index < -0.39 is 0 Å². The van der Waals surface area contributed by atoms with Gasteiger partial charge >= 0.3 is 0 Å². The van der Waals surface area contributed by atoms with E-state index in [1.54, 1.807) is 0 Å². The van der Waals surface area contributed by atoms with Crippen molar-refractivity contribution in [3.05, 3.63) is 23.8 Å². The van der Waals surface area contributed by atoms with Crippen molar-refractivity contribution in [2.45, 2.75) is 6.92 Å². The molecule has 0 bridgehead atoms. The van der Waals surface area contributed by atoms with Gasteiger partial charge in [-0.25, -0.2) is 0 Å². The Bertz CT molecular complexity index is 470. The van der Waals surface area contributed by atoms with Crippen LogP contribution in [0.4, 0.5) is 11.4 Å². The van der Waals surface area contributed by atoms with Crippen molar-refractivity contribution in [3.8, 4) is 0 Å². The third-order valence-corrected chi connectivity index (χ3v) is 4.15. The molecule has 0 aromatic heterocycles. The van der Waals surface area contributed by atoms with Crippen LogP contribution in [0, 0.1) is 6.92 Å². The molecule has 1 heterocycles. The zero-order valence-electron chi connectivity index (χ0n) is 12.5. The average molecular weight is 293 g/mol. The van der Waals surface area contributed by atoms with Gasteiger partial charge in [-0.05, 0) is 44.0 Å². The number of aryl methyl sites for hydroxylation is 1. The van der Waals surface area contributed by atoms with Crippen LogP contribution >= 0.6 is 11.8 Å². The van der Waals surface area contributed by atoms with Crippen molar-refractivity contribution in [2.75, 3.05) is 55.5 Å². The summed E-state index contributed by atoms with van der Waals surface area (Å²) in [5.41, 5.74) is 3.39. The summed E-state index contributed by atoms with van der Waals surface area (Å²) in [6, 6.07) is 6.18. The summed E-state index contributed by atoms with van der Waals surface area (Å²) in [6.07, 6.45) is 1.93. The van der Waals surface area contributed by atoms with Crippen LogP contribution in [0.5, 0.6) is 0 Å². The van der Waals surface area contributed by atoms with E-state index in [1.165, 1.54) is 23.0 Å². The smallest absolute Gasteiger partial charge is 0.234 e. The number of carbonyl (C=O) groups excluding carboxylic acids is 1. The first-order valence-corrected chi connectivity index (χ1v) is 8.32. The molecule has 1 aromatic rings. The van der Waals surface area contributed by atoms with Gasteiger partial charge < -0.3 is 15.1 Å². The second-order valence-electron chi connectivity index (χ2n) is 5.27. The number of likely N-dealkylation sites (N-methyl/N-ethyl adjacent to an activating group) is 1. The predicted octanol–water partition coefficient (Wildman–Crippen LogP) is 2.05. The molecule has 1 aliphatic heterocycles. The Balaban J connectivity index is 2.04.